The molecule has 1 aromatic carbocycles. The highest BCUT2D eigenvalue weighted by Crippen LogP contribution is 2.43. The van der Waals surface area contributed by atoms with Crippen LogP contribution < -0.4 is 10.4 Å². The molecule has 3 atom stereocenters. The van der Waals surface area contributed by atoms with Gasteiger partial charge in [-0.05, 0) is 37.3 Å². The highest BCUT2D eigenvalue weighted by atomic mass is 16.4. The second-order valence-corrected chi connectivity index (χ2v) is 5.30. The zero-order valence-electron chi connectivity index (χ0n) is 10.6. The van der Waals surface area contributed by atoms with Gasteiger partial charge in [-0.1, -0.05) is 23.4 Å². The molecule has 18 heavy (non-hydrogen) atoms. The van der Waals surface area contributed by atoms with Gasteiger partial charge in [0.2, 0.25) is 0 Å². The van der Waals surface area contributed by atoms with Crippen molar-refractivity contribution >= 4 is 11.4 Å². The van der Waals surface area contributed by atoms with Gasteiger partial charge in [0, 0.05) is 13.0 Å². The third-order valence-corrected chi connectivity index (χ3v) is 4.27. The first-order valence-electron chi connectivity index (χ1n) is 6.56. The van der Waals surface area contributed by atoms with Crippen molar-refractivity contribution in [2.75, 3.05) is 12.1 Å². The van der Waals surface area contributed by atoms with E-state index in [1.54, 1.807) is 0 Å². The molecule has 2 bridgehead atoms. The van der Waals surface area contributed by atoms with Gasteiger partial charge in [-0.15, -0.1) is 0 Å². The molecule has 2 N–H and O–H groups in total. The van der Waals surface area contributed by atoms with Crippen LogP contribution in [0.2, 0.25) is 0 Å². The van der Waals surface area contributed by atoms with E-state index in [0.29, 0.717) is 11.8 Å². The van der Waals surface area contributed by atoms with Crippen molar-refractivity contribution in [3.05, 3.63) is 30.3 Å². The minimum absolute atomic E-state index is 0.193. The first-order chi connectivity index (χ1) is 8.79. The van der Waals surface area contributed by atoms with Gasteiger partial charge in [-0.25, -0.2) is 5.43 Å². The Balaban J connectivity index is 1.73. The Labute approximate surface area is 107 Å². The number of rotatable bonds is 3. The molecule has 0 spiro atoms. The van der Waals surface area contributed by atoms with Crippen molar-refractivity contribution in [2.45, 2.75) is 25.3 Å². The number of para-hydroxylation sites is 1. The van der Waals surface area contributed by atoms with Crippen LogP contribution in [0.25, 0.3) is 0 Å². The van der Waals surface area contributed by atoms with E-state index in [1.165, 1.54) is 19.3 Å². The van der Waals surface area contributed by atoms with Gasteiger partial charge < -0.3 is 10.2 Å². The summed E-state index contributed by atoms with van der Waals surface area (Å²) in [5.74, 6) is 1.11. The predicted octanol–water partition coefficient (Wildman–Crippen LogP) is 2.26. The fraction of sp³-hybridized carbons (Fsp3) is 0.500. The summed E-state index contributed by atoms with van der Waals surface area (Å²) in [7, 11) is 2.01. The molecule has 0 saturated heterocycles. The number of hydrazine groups is 1. The average molecular weight is 245 g/mol. The third kappa shape index (κ3) is 1.86. The molecule has 0 aromatic heterocycles. The Morgan fingerprint density at radius 3 is 2.78 bits per heavy atom. The molecule has 4 nitrogen and oxygen atoms in total. The minimum atomic E-state index is 0.193. The van der Waals surface area contributed by atoms with Gasteiger partial charge >= 0.3 is 0 Å². The van der Waals surface area contributed by atoms with Gasteiger partial charge in [-0.3, -0.25) is 0 Å². The molecule has 2 aliphatic carbocycles. The molecule has 3 unspecified atom stereocenters. The molecule has 2 fully saturated rings. The lowest BCUT2D eigenvalue weighted by molar-refractivity contribution is 0.309. The van der Waals surface area contributed by atoms with E-state index in [2.05, 4.69) is 22.7 Å². The van der Waals surface area contributed by atoms with E-state index in [0.717, 1.165) is 11.4 Å². The zero-order chi connectivity index (χ0) is 12.5. The number of hydrogen-bond acceptors (Lipinski definition) is 4. The van der Waals surface area contributed by atoms with Gasteiger partial charge in [0.25, 0.3) is 0 Å². The Morgan fingerprint density at radius 1 is 1.28 bits per heavy atom. The number of nitrogens with zero attached hydrogens (tertiary/aromatic N) is 2. The Hall–Kier alpha value is -1.55. The topological polar surface area (TPSA) is 47.9 Å². The van der Waals surface area contributed by atoms with Crippen molar-refractivity contribution in [3.63, 3.8) is 0 Å². The van der Waals surface area contributed by atoms with Crippen LogP contribution in [0.3, 0.4) is 0 Å². The summed E-state index contributed by atoms with van der Waals surface area (Å²) < 4.78 is 0. The molecule has 1 aromatic rings. The molecule has 2 aliphatic rings. The summed E-state index contributed by atoms with van der Waals surface area (Å²) >= 11 is 0. The Kier molecular flexibility index (Phi) is 2.96. The van der Waals surface area contributed by atoms with Crippen molar-refractivity contribution in [1.82, 2.24) is 5.43 Å². The van der Waals surface area contributed by atoms with Crippen molar-refractivity contribution < 1.29 is 5.21 Å². The van der Waals surface area contributed by atoms with Gasteiger partial charge in [-0.2, -0.15) is 0 Å². The van der Waals surface area contributed by atoms with Crippen LogP contribution in [0.1, 0.15) is 19.3 Å². The molecular formula is C14H19N3O. The molecule has 0 radical (unpaired) electrons. The van der Waals surface area contributed by atoms with Crippen LogP contribution in [0.4, 0.5) is 5.69 Å². The Morgan fingerprint density at radius 2 is 2.06 bits per heavy atom. The van der Waals surface area contributed by atoms with Crippen LogP contribution >= 0.6 is 0 Å². The van der Waals surface area contributed by atoms with Gasteiger partial charge in [0.1, 0.15) is 0 Å². The van der Waals surface area contributed by atoms with E-state index in [-0.39, 0.29) is 6.04 Å². The fourth-order valence-corrected chi connectivity index (χ4v) is 3.33. The van der Waals surface area contributed by atoms with E-state index in [1.807, 2.05) is 30.3 Å². The number of benzene rings is 1. The first-order valence-corrected chi connectivity index (χ1v) is 6.56. The molecule has 0 heterocycles. The summed E-state index contributed by atoms with van der Waals surface area (Å²) in [6.45, 7) is 0. The lowest BCUT2D eigenvalue weighted by Gasteiger charge is -2.30. The molecule has 2 saturated carbocycles. The number of fused-ring (bicyclic) bond motifs is 2. The largest absolute Gasteiger partial charge is 0.411 e. The highest BCUT2D eigenvalue weighted by molar-refractivity contribution is 5.94. The normalized spacial score (nSPS) is 32.1. The quantitative estimate of drug-likeness (QED) is 0.634. The van der Waals surface area contributed by atoms with Crippen LogP contribution in [-0.2, 0) is 0 Å². The zero-order valence-corrected chi connectivity index (χ0v) is 10.6. The molecule has 0 amide bonds. The summed E-state index contributed by atoms with van der Waals surface area (Å²) in [6, 6.07) is 10.4. The number of oxime groups is 1. The van der Waals surface area contributed by atoms with E-state index >= 15 is 0 Å². The number of hydrogen-bond donors (Lipinski definition) is 2. The second-order valence-electron chi connectivity index (χ2n) is 5.30. The van der Waals surface area contributed by atoms with E-state index in [4.69, 9.17) is 0 Å². The molecule has 0 aliphatic heterocycles. The number of nitrogens with one attached hydrogen (secondary N) is 1. The summed E-state index contributed by atoms with van der Waals surface area (Å²) in [5.41, 5.74) is 5.53. The SMILES string of the molecule is CN(NC1/C(=N\O)C2CCC1C2)c1ccccc1. The van der Waals surface area contributed by atoms with Crippen LogP contribution in [0.15, 0.2) is 35.5 Å². The van der Waals surface area contributed by atoms with Crippen molar-refractivity contribution in [1.29, 1.82) is 0 Å². The van der Waals surface area contributed by atoms with Crippen molar-refractivity contribution in [2.24, 2.45) is 17.0 Å². The predicted molar refractivity (Wildman–Crippen MR) is 71.8 cm³/mol. The van der Waals surface area contributed by atoms with Crippen LogP contribution in [0, 0.1) is 11.8 Å². The van der Waals surface area contributed by atoms with E-state index in [9.17, 15) is 5.21 Å². The maximum atomic E-state index is 9.17. The Bertz CT molecular complexity index is 446. The van der Waals surface area contributed by atoms with Gasteiger partial charge in [0.05, 0.1) is 17.4 Å². The first kappa shape index (κ1) is 11.5. The van der Waals surface area contributed by atoms with E-state index < -0.39 is 0 Å². The monoisotopic (exact) mass is 245 g/mol. The van der Waals surface area contributed by atoms with Crippen molar-refractivity contribution in [3.8, 4) is 0 Å². The fourth-order valence-electron chi connectivity index (χ4n) is 3.33. The lowest BCUT2D eigenvalue weighted by Crippen LogP contribution is -2.49. The number of anilines is 1. The second kappa shape index (κ2) is 4.61. The lowest BCUT2D eigenvalue weighted by atomic mass is 9.94. The third-order valence-electron chi connectivity index (χ3n) is 4.27. The summed E-state index contributed by atoms with van der Waals surface area (Å²) in [4.78, 5) is 0. The highest BCUT2D eigenvalue weighted by Gasteiger charge is 2.45. The molecule has 3 rings (SSSR count). The van der Waals surface area contributed by atoms with Crippen LogP contribution in [0.5, 0.6) is 0 Å². The molecule has 96 valence electrons. The summed E-state index contributed by atoms with van der Waals surface area (Å²) in [5, 5.41) is 14.7. The molecule has 4 heteroatoms. The molecular weight excluding hydrogens is 226 g/mol. The van der Waals surface area contributed by atoms with Gasteiger partial charge in [0.15, 0.2) is 0 Å². The minimum Gasteiger partial charge on any atom is -0.411 e. The summed E-state index contributed by atoms with van der Waals surface area (Å²) in [6.07, 6.45) is 3.58. The maximum Gasteiger partial charge on any atom is 0.0791 e. The van der Waals surface area contributed by atoms with Crippen LogP contribution in [-0.4, -0.2) is 24.0 Å². The standard InChI is InChI=1S/C14H19N3O/c1-17(12-5-3-2-4-6-12)15-13-10-7-8-11(9-10)14(13)16-18/h2-6,10-11,13,15,18H,7-9H2,1H3/b16-14-. The average Bonchev–Trinajstić information content (AvgIpc) is 3.00. The maximum absolute atomic E-state index is 9.17. The smallest absolute Gasteiger partial charge is 0.0791 e.